The molecule has 2 aromatic carbocycles. The van der Waals surface area contributed by atoms with E-state index < -0.39 is 11.5 Å². The van der Waals surface area contributed by atoms with E-state index in [0.29, 0.717) is 55.7 Å². The molecule has 0 bridgehead atoms. The largest absolute Gasteiger partial charge is 0.382 e. The number of carbonyl (C=O) groups excluding carboxylic acids is 3. The van der Waals surface area contributed by atoms with Crippen LogP contribution >= 0.6 is 0 Å². The lowest BCUT2D eigenvalue weighted by atomic mass is 9.70. The van der Waals surface area contributed by atoms with E-state index in [4.69, 9.17) is 11.5 Å². The van der Waals surface area contributed by atoms with Crippen molar-refractivity contribution in [2.45, 2.75) is 89.6 Å². The van der Waals surface area contributed by atoms with Gasteiger partial charge in [-0.05, 0) is 86.9 Å². The number of nitrogen functional groups attached to an aromatic ring is 1. The molecule has 1 saturated carbocycles. The van der Waals surface area contributed by atoms with Crippen LogP contribution < -0.4 is 21.7 Å². The van der Waals surface area contributed by atoms with Crippen LogP contribution in [0.3, 0.4) is 0 Å². The quantitative estimate of drug-likeness (QED) is 0.163. The number of nitrogens with one attached hydrogen (secondary N) is 2. The smallest absolute Gasteiger partial charge is 0.237 e. The van der Waals surface area contributed by atoms with Gasteiger partial charge in [0.1, 0.15) is 5.82 Å². The van der Waals surface area contributed by atoms with Crippen LogP contribution in [-0.2, 0) is 27.8 Å². The van der Waals surface area contributed by atoms with Gasteiger partial charge in [0.25, 0.3) is 0 Å². The molecule has 8 rings (SSSR count). The highest BCUT2D eigenvalue weighted by Crippen LogP contribution is 2.53. The molecule has 4 aromatic rings. The number of amides is 2. The molecule has 298 valence electrons. The molecule has 3 fully saturated rings. The Morgan fingerprint density at radius 1 is 1.09 bits per heavy atom. The second-order valence-electron chi connectivity index (χ2n) is 17.1. The summed E-state index contributed by atoms with van der Waals surface area (Å²) >= 11 is 0. The van der Waals surface area contributed by atoms with E-state index in [1.807, 2.05) is 17.0 Å². The fourth-order valence-corrected chi connectivity index (χ4v) is 9.54. The zero-order chi connectivity index (χ0) is 40.1. The molecule has 0 radical (unpaired) electrons. The highest BCUT2D eigenvalue weighted by molar-refractivity contribution is 6.20. The van der Waals surface area contributed by atoms with Gasteiger partial charge in [0.2, 0.25) is 11.8 Å². The van der Waals surface area contributed by atoms with Gasteiger partial charge < -0.3 is 36.5 Å². The summed E-state index contributed by atoms with van der Waals surface area (Å²) in [5.74, 6) is 0.522. The second-order valence-corrected chi connectivity index (χ2v) is 17.1. The average Bonchev–Trinajstić information content (AvgIpc) is 3.77. The van der Waals surface area contributed by atoms with E-state index in [1.165, 1.54) is 0 Å². The number of piperazine rings is 1. The lowest BCUT2D eigenvalue weighted by Gasteiger charge is -2.39. The monoisotopic (exact) mass is 770 g/mol. The first-order valence-corrected chi connectivity index (χ1v) is 20.6. The van der Waals surface area contributed by atoms with Gasteiger partial charge in [-0.3, -0.25) is 19.4 Å². The van der Waals surface area contributed by atoms with Gasteiger partial charge in [-0.25, -0.2) is 4.98 Å². The Balaban J connectivity index is 0.830. The Morgan fingerprint density at radius 2 is 1.86 bits per heavy atom. The number of aromatic nitrogens is 3. The van der Waals surface area contributed by atoms with Crippen molar-refractivity contribution in [1.82, 2.24) is 30.1 Å². The number of benzene rings is 2. The molecular formula is C44H54N10O3. The van der Waals surface area contributed by atoms with E-state index in [9.17, 15) is 19.6 Å². The number of anilines is 2. The molecule has 13 nitrogen and oxygen atoms in total. The van der Waals surface area contributed by atoms with Crippen molar-refractivity contribution < 1.29 is 14.4 Å². The number of hydrogen-bond acceptors (Lipinski definition) is 10. The minimum Gasteiger partial charge on any atom is -0.382 e. The van der Waals surface area contributed by atoms with Gasteiger partial charge in [0.15, 0.2) is 5.78 Å². The number of fused-ring (bicyclic) bond motifs is 4. The molecule has 2 aliphatic heterocycles. The Bertz CT molecular complexity index is 2260. The molecular weight excluding hydrogens is 717 g/mol. The van der Waals surface area contributed by atoms with Crippen molar-refractivity contribution in [2.24, 2.45) is 11.1 Å². The maximum absolute atomic E-state index is 14.1. The maximum Gasteiger partial charge on any atom is 0.237 e. The summed E-state index contributed by atoms with van der Waals surface area (Å²) in [6, 6.07) is 11.5. The second kappa shape index (κ2) is 15.2. The first-order valence-electron chi connectivity index (χ1n) is 20.6. The lowest BCUT2D eigenvalue weighted by Crippen LogP contribution is -2.49. The number of likely N-dealkylation sites (tertiary alicyclic amines) is 1. The summed E-state index contributed by atoms with van der Waals surface area (Å²) in [6.07, 6.45) is 9.35. The lowest BCUT2D eigenvalue weighted by molar-refractivity contribution is -0.131. The van der Waals surface area contributed by atoms with E-state index in [-0.39, 0.29) is 29.1 Å². The normalized spacial score (nSPS) is 20.0. The number of carbonyl (C=O) groups is 3. The fourth-order valence-electron chi connectivity index (χ4n) is 9.54. The van der Waals surface area contributed by atoms with Crippen molar-refractivity contribution >= 4 is 40.0 Å². The third-order valence-electron chi connectivity index (χ3n) is 13.1. The fraction of sp³-hybridized carbons (Fsp3) is 0.500. The summed E-state index contributed by atoms with van der Waals surface area (Å²) in [6.45, 7) is 11.8. The van der Waals surface area contributed by atoms with Crippen LogP contribution in [0.25, 0.3) is 10.9 Å². The van der Waals surface area contributed by atoms with E-state index in [2.05, 4.69) is 69.0 Å². The molecule has 57 heavy (non-hydrogen) atoms. The molecule has 4 aliphatic rings. The van der Waals surface area contributed by atoms with Gasteiger partial charge in [0, 0.05) is 103 Å². The average molecular weight is 771 g/mol. The van der Waals surface area contributed by atoms with E-state index >= 15 is 0 Å². The number of ketones is 1. The summed E-state index contributed by atoms with van der Waals surface area (Å²) in [5.41, 5.74) is 19.6. The molecule has 0 unspecified atom stereocenters. The van der Waals surface area contributed by atoms with Crippen molar-refractivity contribution in [2.75, 3.05) is 56.4 Å². The van der Waals surface area contributed by atoms with Crippen molar-refractivity contribution in [3.05, 3.63) is 81.9 Å². The summed E-state index contributed by atoms with van der Waals surface area (Å²) in [5, 5.41) is 13.6. The van der Waals surface area contributed by atoms with Crippen LogP contribution in [0.2, 0.25) is 0 Å². The van der Waals surface area contributed by atoms with Gasteiger partial charge in [-0.1, -0.05) is 26.8 Å². The van der Waals surface area contributed by atoms with Crippen LogP contribution in [-0.4, -0.2) is 100 Å². The summed E-state index contributed by atoms with van der Waals surface area (Å²) in [4.78, 5) is 59.2. The van der Waals surface area contributed by atoms with Crippen molar-refractivity contribution in [3.8, 4) is 6.07 Å². The predicted molar refractivity (Wildman–Crippen MR) is 220 cm³/mol. The first-order chi connectivity index (χ1) is 27.4. The van der Waals surface area contributed by atoms with E-state index in [1.54, 1.807) is 18.5 Å². The van der Waals surface area contributed by atoms with Crippen LogP contribution in [0, 0.1) is 16.7 Å². The van der Waals surface area contributed by atoms with Crippen molar-refractivity contribution in [3.63, 3.8) is 0 Å². The minimum absolute atomic E-state index is 0.0193. The molecule has 4 heterocycles. The van der Waals surface area contributed by atoms with Gasteiger partial charge in [0.05, 0.1) is 28.9 Å². The van der Waals surface area contributed by atoms with Crippen LogP contribution in [0.5, 0.6) is 0 Å². The molecule has 2 aliphatic carbocycles. The molecule has 13 heteroatoms. The van der Waals surface area contributed by atoms with Crippen LogP contribution in [0.15, 0.2) is 42.7 Å². The number of nitrogens with zero attached hydrogens (tertiary/aromatic N) is 6. The zero-order valence-electron chi connectivity index (χ0n) is 33.4. The molecule has 1 spiro atoms. The zero-order valence-corrected chi connectivity index (χ0v) is 33.4. The number of H-pyrrole nitrogens is 1. The third-order valence-corrected chi connectivity index (χ3v) is 13.1. The van der Waals surface area contributed by atoms with E-state index in [0.717, 1.165) is 103 Å². The molecule has 2 aromatic heterocycles. The topological polar surface area (TPSA) is 190 Å². The SMILES string of the molecule is CCc1cc2c(cc1N1CCN(C(=O)CCCN3C[C@H](NC(=O)[C@@H](N)CCCc4nccnc4N)C4(CC4)C3)CC1)C(C)(C)c1[nH]c3cc(C#N)ccc3c1C2=O. The number of aromatic amines is 1. The number of hydrogen-bond donors (Lipinski definition) is 4. The predicted octanol–water partition coefficient (Wildman–Crippen LogP) is 4.20. The minimum atomic E-state index is -0.586. The third kappa shape index (κ3) is 7.25. The Labute approximate surface area is 334 Å². The number of nitriles is 1. The number of nitrogens with two attached hydrogens (primary N) is 2. The highest BCUT2D eigenvalue weighted by atomic mass is 16.2. The molecule has 2 saturated heterocycles. The summed E-state index contributed by atoms with van der Waals surface area (Å²) in [7, 11) is 0. The maximum atomic E-state index is 14.1. The Hall–Kier alpha value is -5.32. The van der Waals surface area contributed by atoms with Crippen LogP contribution in [0.4, 0.5) is 11.5 Å². The number of aryl methyl sites for hydroxylation is 2. The highest BCUT2D eigenvalue weighted by Gasteiger charge is 2.55. The van der Waals surface area contributed by atoms with Crippen molar-refractivity contribution in [1.29, 1.82) is 5.26 Å². The number of rotatable bonds is 12. The van der Waals surface area contributed by atoms with Gasteiger partial charge in [-0.2, -0.15) is 5.26 Å². The standard InChI is InChI=1S/C44H54N10O3/c1-4-28-22-30-31(43(2,3)40-38(39(30)56)29-11-10-27(24-45)21-34(29)50-40)23-35(28)53-17-19-54(20-18-53)37(55)9-6-16-52-25-36(44(26-52)12-13-44)51-42(57)32(46)7-5-8-33-41(47)49-15-14-48-33/h10-11,14-15,21-23,32,36,50H,4-9,12-13,16-20,25-26,46H2,1-3H3,(H2,47,49)(H,51,57)/t32-,36-/m0/s1. The van der Waals surface area contributed by atoms with Gasteiger partial charge in [-0.15, -0.1) is 0 Å². The Kier molecular flexibility index (Phi) is 10.3. The molecule has 2 atom stereocenters. The Morgan fingerprint density at radius 3 is 2.58 bits per heavy atom. The molecule has 6 N–H and O–H groups in total. The first kappa shape index (κ1) is 38.5. The van der Waals surface area contributed by atoms with Crippen LogP contribution in [0.1, 0.15) is 103 Å². The summed E-state index contributed by atoms with van der Waals surface area (Å²) < 4.78 is 0. The van der Waals surface area contributed by atoms with Gasteiger partial charge >= 0.3 is 0 Å². The molecule has 2 amide bonds.